The molecule has 1 heterocycles. The molecule has 0 radical (unpaired) electrons. The fourth-order valence-electron chi connectivity index (χ4n) is 3.24. The van der Waals surface area contributed by atoms with Crippen LogP contribution in [-0.2, 0) is 11.2 Å². The van der Waals surface area contributed by atoms with Crippen molar-refractivity contribution in [2.45, 2.75) is 19.3 Å². The van der Waals surface area contributed by atoms with Gasteiger partial charge in [0, 0.05) is 43.9 Å². The molecule has 1 saturated heterocycles. The lowest BCUT2D eigenvalue weighted by atomic mass is 10.1. The van der Waals surface area contributed by atoms with Gasteiger partial charge in [-0.1, -0.05) is 36.4 Å². The molecule has 27 heavy (non-hydrogen) atoms. The van der Waals surface area contributed by atoms with E-state index in [0.717, 1.165) is 39.0 Å². The third kappa shape index (κ3) is 5.66. The van der Waals surface area contributed by atoms with Gasteiger partial charge in [0.2, 0.25) is 5.91 Å². The summed E-state index contributed by atoms with van der Waals surface area (Å²) in [5, 5.41) is 2.92. The van der Waals surface area contributed by atoms with Crippen LogP contribution in [0.15, 0.2) is 54.6 Å². The van der Waals surface area contributed by atoms with Crippen LogP contribution in [0.3, 0.4) is 0 Å². The van der Waals surface area contributed by atoms with E-state index in [1.165, 1.54) is 5.56 Å². The van der Waals surface area contributed by atoms with Gasteiger partial charge >= 0.3 is 0 Å². The molecule has 0 atom stereocenters. The standard InChI is InChI=1S/C22H27N3O2/c1-24-13-15-25(16-14-24)22(27)19-10-6-11-20(17-19)23-21(26)12-5-9-18-7-3-2-4-8-18/h2-4,6-8,10-11,17H,5,9,12-16H2,1H3,(H,23,26). The van der Waals surface area contributed by atoms with Crippen molar-refractivity contribution in [3.05, 3.63) is 65.7 Å². The van der Waals surface area contributed by atoms with Crippen LogP contribution in [0.5, 0.6) is 0 Å². The van der Waals surface area contributed by atoms with E-state index < -0.39 is 0 Å². The zero-order valence-corrected chi connectivity index (χ0v) is 15.9. The van der Waals surface area contributed by atoms with Crippen LogP contribution in [0.2, 0.25) is 0 Å². The summed E-state index contributed by atoms with van der Waals surface area (Å²) in [5.41, 5.74) is 2.55. The van der Waals surface area contributed by atoms with E-state index in [1.807, 2.05) is 41.3 Å². The summed E-state index contributed by atoms with van der Waals surface area (Å²) < 4.78 is 0. The maximum Gasteiger partial charge on any atom is 0.254 e. The molecule has 5 heteroatoms. The first-order chi connectivity index (χ1) is 13.1. The SMILES string of the molecule is CN1CCN(C(=O)c2cccc(NC(=O)CCCc3ccccc3)c2)CC1. The Morgan fingerprint density at radius 3 is 2.44 bits per heavy atom. The molecule has 0 aliphatic carbocycles. The molecule has 2 aromatic rings. The van der Waals surface area contributed by atoms with E-state index in [2.05, 4.69) is 29.4 Å². The number of carbonyl (C=O) groups excluding carboxylic acids is 2. The van der Waals surface area contributed by atoms with Gasteiger partial charge in [0.15, 0.2) is 0 Å². The Balaban J connectivity index is 1.51. The molecular formula is C22H27N3O2. The molecule has 5 nitrogen and oxygen atoms in total. The summed E-state index contributed by atoms with van der Waals surface area (Å²) in [6, 6.07) is 17.4. The van der Waals surface area contributed by atoms with Crippen LogP contribution in [0.4, 0.5) is 5.69 Å². The van der Waals surface area contributed by atoms with Crippen molar-refractivity contribution < 1.29 is 9.59 Å². The molecule has 2 amide bonds. The molecule has 0 saturated carbocycles. The summed E-state index contributed by atoms with van der Waals surface area (Å²) in [5.74, 6) is 0.0124. The lowest BCUT2D eigenvalue weighted by Gasteiger charge is -2.32. The van der Waals surface area contributed by atoms with Crippen molar-refractivity contribution in [2.24, 2.45) is 0 Å². The Bertz CT molecular complexity index is 768. The van der Waals surface area contributed by atoms with Gasteiger partial charge in [0.1, 0.15) is 0 Å². The lowest BCUT2D eigenvalue weighted by Crippen LogP contribution is -2.47. The number of likely N-dealkylation sites (N-methyl/N-ethyl adjacent to an activating group) is 1. The smallest absolute Gasteiger partial charge is 0.254 e. The molecule has 2 aromatic carbocycles. The van der Waals surface area contributed by atoms with Crippen LogP contribution in [-0.4, -0.2) is 54.8 Å². The topological polar surface area (TPSA) is 52.6 Å². The number of nitrogens with zero attached hydrogens (tertiary/aromatic N) is 2. The van der Waals surface area contributed by atoms with E-state index >= 15 is 0 Å². The Labute approximate surface area is 161 Å². The Morgan fingerprint density at radius 1 is 0.963 bits per heavy atom. The van der Waals surface area contributed by atoms with Crippen LogP contribution >= 0.6 is 0 Å². The minimum absolute atomic E-state index is 0.0184. The number of hydrogen-bond acceptors (Lipinski definition) is 3. The first-order valence-corrected chi connectivity index (χ1v) is 9.53. The first kappa shape index (κ1) is 19.1. The van der Waals surface area contributed by atoms with Crippen molar-refractivity contribution in [3.8, 4) is 0 Å². The average Bonchev–Trinajstić information content (AvgIpc) is 2.69. The molecule has 1 N–H and O–H groups in total. The number of nitrogens with one attached hydrogen (secondary N) is 1. The minimum atomic E-state index is -0.0184. The summed E-state index contributed by atoms with van der Waals surface area (Å²) in [7, 11) is 2.07. The number of aryl methyl sites for hydroxylation is 1. The van der Waals surface area contributed by atoms with Crippen LogP contribution in [0.1, 0.15) is 28.8 Å². The van der Waals surface area contributed by atoms with Gasteiger partial charge in [0.05, 0.1) is 0 Å². The molecule has 1 aliphatic rings. The van der Waals surface area contributed by atoms with Gasteiger partial charge in [-0.15, -0.1) is 0 Å². The maximum atomic E-state index is 12.7. The van der Waals surface area contributed by atoms with Crippen LogP contribution in [0, 0.1) is 0 Å². The number of anilines is 1. The monoisotopic (exact) mass is 365 g/mol. The number of rotatable bonds is 6. The molecule has 0 aromatic heterocycles. The molecule has 0 spiro atoms. The van der Waals surface area contributed by atoms with Crippen LogP contribution < -0.4 is 5.32 Å². The second kappa shape index (κ2) is 9.33. The quantitative estimate of drug-likeness (QED) is 0.856. The Morgan fingerprint density at radius 2 is 1.70 bits per heavy atom. The summed E-state index contributed by atoms with van der Waals surface area (Å²) in [4.78, 5) is 29.0. The number of amides is 2. The molecular weight excluding hydrogens is 338 g/mol. The normalized spacial score (nSPS) is 14.8. The molecule has 3 rings (SSSR count). The van der Waals surface area contributed by atoms with Gasteiger partial charge in [-0.05, 0) is 43.7 Å². The van der Waals surface area contributed by atoms with E-state index in [-0.39, 0.29) is 11.8 Å². The molecule has 0 unspecified atom stereocenters. The highest BCUT2D eigenvalue weighted by Gasteiger charge is 2.20. The first-order valence-electron chi connectivity index (χ1n) is 9.53. The Hall–Kier alpha value is -2.66. The third-order valence-electron chi connectivity index (χ3n) is 4.90. The summed E-state index contributed by atoms with van der Waals surface area (Å²) >= 11 is 0. The van der Waals surface area contributed by atoms with Gasteiger partial charge in [0.25, 0.3) is 5.91 Å². The second-order valence-corrected chi connectivity index (χ2v) is 7.06. The average molecular weight is 365 g/mol. The highest BCUT2D eigenvalue weighted by atomic mass is 16.2. The largest absolute Gasteiger partial charge is 0.336 e. The summed E-state index contributed by atoms with van der Waals surface area (Å²) in [6.07, 6.45) is 2.15. The maximum absolute atomic E-state index is 12.7. The molecule has 1 fully saturated rings. The van der Waals surface area contributed by atoms with Crippen molar-refractivity contribution in [2.75, 3.05) is 38.5 Å². The number of carbonyl (C=O) groups is 2. The van der Waals surface area contributed by atoms with Gasteiger partial charge in [-0.3, -0.25) is 9.59 Å². The van der Waals surface area contributed by atoms with E-state index in [1.54, 1.807) is 6.07 Å². The zero-order valence-electron chi connectivity index (χ0n) is 15.9. The highest BCUT2D eigenvalue weighted by Crippen LogP contribution is 2.15. The van der Waals surface area contributed by atoms with Gasteiger partial charge < -0.3 is 15.1 Å². The number of piperazine rings is 1. The highest BCUT2D eigenvalue weighted by molar-refractivity contribution is 5.97. The van der Waals surface area contributed by atoms with Gasteiger partial charge in [-0.2, -0.15) is 0 Å². The summed E-state index contributed by atoms with van der Waals surface area (Å²) in [6.45, 7) is 3.27. The number of benzene rings is 2. The van der Waals surface area contributed by atoms with E-state index in [0.29, 0.717) is 17.7 Å². The Kier molecular flexibility index (Phi) is 6.60. The predicted molar refractivity (Wildman–Crippen MR) is 108 cm³/mol. The second-order valence-electron chi connectivity index (χ2n) is 7.06. The predicted octanol–water partition coefficient (Wildman–Crippen LogP) is 3.04. The van der Waals surface area contributed by atoms with Crippen molar-refractivity contribution in [1.29, 1.82) is 0 Å². The zero-order chi connectivity index (χ0) is 19.1. The minimum Gasteiger partial charge on any atom is -0.336 e. The molecule has 142 valence electrons. The molecule has 0 bridgehead atoms. The molecule has 1 aliphatic heterocycles. The fraction of sp³-hybridized carbons (Fsp3) is 0.364. The lowest BCUT2D eigenvalue weighted by molar-refractivity contribution is -0.116. The van der Waals surface area contributed by atoms with E-state index in [4.69, 9.17) is 0 Å². The third-order valence-corrected chi connectivity index (χ3v) is 4.90. The van der Waals surface area contributed by atoms with Crippen molar-refractivity contribution in [1.82, 2.24) is 9.80 Å². The van der Waals surface area contributed by atoms with Crippen molar-refractivity contribution in [3.63, 3.8) is 0 Å². The number of hydrogen-bond donors (Lipinski definition) is 1. The van der Waals surface area contributed by atoms with Gasteiger partial charge in [-0.25, -0.2) is 0 Å². The van der Waals surface area contributed by atoms with Crippen molar-refractivity contribution >= 4 is 17.5 Å². The fourth-order valence-corrected chi connectivity index (χ4v) is 3.24. The van der Waals surface area contributed by atoms with E-state index in [9.17, 15) is 9.59 Å². The van der Waals surface area contributed by atoms with Crippen LogP contribution in [0.25, 0.3) is 0 Å².